The fourth-order valence-electron chi connectivity index (χ4n) is 1.98. The summed E-state index contributed by atoms with van der Waals surface area (Å²) < 4.78 is 0. The van der Waals surface area contributed by atoms with Crippen LogP contribution in [0.5, 0.6) is 0 Å². The number of aryl methyl sites for hydroxylation is 1. The van der Waals surface area contributed by atoms with Crippen molar-refractivity contribution in [1.29, 1.82) is 0 Å². The number of carbonyl (C=O) groups is 2. The van der Waals surface area contributed by atoms with Crippen molar-refractivity contribution in [2.45, 2.75) is 19.8 Å². The van der Waals surface area contributed by atoms with Crippen LogP contribution in [0.4, 0.5) is 5.69 Å². The Labute approximate surface area is 145 Å². The number of carbonyl (C=O) groups excluding carboxylic acids is 2. The van der Waals surface area contributed by atoms with E-state index in [1.54, 1.807) is 24.4 Å². The number of benzene rings is 2. The summed E-state index contributed by atoms with van der Waals surface area (Å²) in [6, 6.07) is 14.6. The average molecular weight is 344 g/mol. The molecule has 124 valence electrons. The first kappa shape index (κ1) is 17.7. The molecule has 0 unspecified atom stereocenters. The van der Waals surface area contributed by atoms with Crippen LogP contribution in [0.25, 0.3) is 0 Å². The summed E-state index contributed by atoms with van der Waals surface area (Å²) in [7, 11) is 0. The number of rotatable bonds is 6. The molecule has 0 bridgehead atoms. The fourth-order valence-corrected chi connectivity index (χ4v) is 2.21. The zero-order valence-electron chi connectivity index (χ0n) is 13.3. The van der Waals surface area contributed by atoms with E-state index in [2.05, 4.69) is 15.8 Å². The molecule has 0 radical (unpaired) electrons. The quantitative estimate of drug-likeness (QED) is 0.622. The summed E-state index contributed by atoms with van der Waals surface area (Å²) >= 11 is 5.87. The Kier molecular flexibility index (Phi) is 6.51. The van der Waals surface area contributed by atoms with Gasteiger partial charge in [0.1, 0.15) is 0 Å². The molecule has 2 N–H and O–H groups in total. The summed E-state index contributed by atoms with van der Waals surface area (Å²) in [6.45, 7) is 1.85. The van der Waals surface area contributed by atoms with Crippen molar-refractivity contribution in [1.82, 2.24) is 5.43 Å². The molecule has 0 spiro atoms. The third-order valence-corrected chi connectivity index (χ3v) is 3.48. The predicted octanol–water partition coefficient (Wildman–Crippen LogP) is 3.52. The molecule has 0 aliphatic heterocycles. The molecule has 0 aromatic heterocycles. The van der Waals surface area contributed by atoms with Crippen LogP contribution in [0.3, 0.4) is 0 Å². The largest absolute Gasteiger partial charge is 0.326 e. The molecular weight excluding hydrogens is 326 g/mol. The highest BCUT2D eigenvalue weighted by Crippen LogP contribution is 2.19. The van der Waals surface area contributed by atoms with E-state index in [4.69, 9.17) is 11.6 Å². The average Bonchev–Trinajstić information content (AvgIpc) is 2.56. The number of hydrazone groups is 1. The summed E-state index contributed by atoms with van der Waals surface area (Å²) in [5, 5.41) is 7.23. The van der Waals surface area contributed by atoms with Crippen LogP contribution < -0.4 is 10.7 Å². The molecule has 5 nitrogen and oxygen atoms in total. The van der Waals surface area contributed by atoms with E-state index in [0.717, 1.165) is 11.1 Å². The molecule has 6 heteroatoms. The van der Waals surface area contributed by atoms with Gasteiger partial charge < -0.3 is 5.32 Å². The van der Waals surface area contributed by atoms with E-state index in [1.165, 1.54) is 0 Å². The van der Waals surface area contributed by atoms with Crippen LogP contribution in [-0.2, 0) is 9.59 Å². The Bertz CT molecular complexity index is 745. The molecule has 2 aromatic rings. The first-order chi connectivity index (χ1) is 11.5. The Morgan fingerprint density at radius 1 is 1.08 bits per heavy atom. The molecule has 0 saturated carbocycles. The minimum absolute atomic E-state index is 0.0601. The van der Waals surface area contributed by atoms with Crippen molar-refractivity contribution < 1.29 is 9.59 Å². The number of nitrogens with one attached hydrogen (secondary N) is 2. The van der Waals surface area contributed by atoms with Crippen molar-refractivity contribution in [2.75, 3.05) is 5.32 Å². The van der Waals surface area contributed by atoms with Crippen molar-refractivity contribution in [2.24, 2.45) is 5.10 Å². The van der Waals surface area contributed by atoms with Crippen LogP contribution in [-0.4, -0.2) is 18.0 Å². The van der Waals surface area contributed by atoms with Crippen molar-refractivity contribution in [3.05, 3.63) is 64.7 Å². The summed E-state index contributed by atoms with van der Waals surface area (Å²) in [5.74, 6) is -0.548. The second kappa shape index (κ2) is 8.84. The first-order valence-electron chi connectivity index (χ1n) is 7.47. The maximum absolute atomic E-state index is 11.9. The normalized spacial score (nSPS) is 10.6. The molecule has 24 heavy (non-hydrogen) atoms. The number of amides is 2. The van der Waals surface area contributed by atoms with Gasteiger partial charge in [-0.25, -0.2) is 5.43 Å². The minimum Gasteiger partial charge on any atom is -0.326 e. The van der Waals surface area contributed by atoms with E-state index in [0.29, 0.717) is 10.7 Å². The summed E-state index contributed by atoms with van der Waals surface area (Å²) in [6.07, 6.45) is 1.69. The summed E-state index contributed by atoms with van der Waals surface area (Å²) in [5.41, 5.74) is 4.84. The summed E-state index contributed by atoms with van der Waals surface area (Å²) in [4.78, 5) is 23.6. The van der Waals surface area contributed by atoms with Crippen LogP contribution in [0.2, 0.25) is 5.02 Å². The minimum atomic E-state index is -0.315. The fraction of sp³-hybridized carbons (Fsp3) is 0.167. The maximum atomic E-state index is 11.9. The van der Waals surface area contributed by atoms with Gasteiger partial charge in [0.15, 0.2) is 0 Å². The molecule has 0 aliphatic rings. The van der Waals surface area contributed by atoms with Gasteiger partial charge in [-0.15, -0.1) is 0 Å². The van der Waals surface area contributed by atoms with Gasteiger partial charge in [0.25, 0.3) is 0 Å². The van der Waals surface area contributed by atoms with Gasteiger partial charge in [0.2, 0.25) is 11.8 Å². The zero-order valence-corrected chi connectivity index (χ0v) is 14.0. The second-order valence-electron chi connectivity index (χ2n) is 5.21. The van der Waals surface area contributed by atoms with Gasteiger partial charge >= 0.3 is 0 Å². The maximum Gasteiger partial charge on any atom is 0.240 e. The Hall–Kier alpha value is -2.66. The topological polar surface area (TPSA) is 70.6 Å². The Balaban J connectivity index is 1.75. The standard InChI is InChI=1S/C18H18ClN3O2/c1-13-11-15(19)7-8-16(13)21-17(23)9-10-18(24)22-20-12-14-5-3-2-4-6-14/h2-8,11-12H,9-10H2,1H3,(H,21,23)(H,22,24)/b20-12+. The number of anilines is 1. The van der Waals surface area contributed by atoms with Gasteiger partial charge in [-0.2, -0.15) is 5.10 Å². The molecule has 0 heterocycles. The van der Waals surface area contributed by atoms with Gasteiger partial charge in [-0.05, 0) is 36.2 Å². The zero-order chi connectivity index (χ0) is 17.4. The third kappa shape index (κ3) is 5.85. The highest BCUT2D eigenvalue weighted by Gasteiger charge is 2.08. The lowest BCUT2D eigenvalue weighted by Gasteiger charge is -2.08. The van der Waals surface area contributed by atoms with Gasteiger partial charge in [-0.1, -0.05) is 41.9 Å². The van der Waals surface area contributed by atoms with Crippen molar-refractivity contribution >= 4 is 35.3 Å². The number of halogens is 1. The van der Waals surface area contributed by atoms with E-state index in [-0.39, 0.29) is 24.7 Å². The highest BCUT2D eigenvalue weighted by molar-refractivity contribution is 6.30. The lowest BCUT2D eigenvalue weighted by molar-refractivity contribution is -0.124. The lowest BCUT2D eigenvalue weighted by atomic mass is 10.2. The van der Waals surface area contributed by atoms with Crippen molar-refractivity contribution in [3.8, 4) is 0 Å². The number of hydrogen-bond donors (Lipinski definition) is 2. The molecule has 0 saturated heterocycles. The molecule has 0 atom stereocenters. The SMILES string of the molecule is Cc1cc(Cl)ccc1NC(=O)CCC(=O)N/N=C/c1ccccc1. The first-order valence-corrected chi connectivity index (χ1v) is 7.85. The van der Waals surface area contributed by atoms with Crippen LogP contribution >= 0.6 is 11.6 Å². The van der Waals surface area contributed by atoms with Crippen molar-refractivity contribution in [3.63, 3.8) is 0 Å². The molecular formula is C18H18ClN3O2. The number of nitrogens with zero attached hydrogens (tertiary/aromatic N) is 1. The monoisotopic (exact) mass is 343 g/mol. The van der Waals surface area contributed by atoms with Crippen LogP contribution in [0, 0.1) is 6.92 Å². The lowest BCUT2D eigenvalue weighted by Crippen LogP contribution is -2.20. The van der Waals surface area contributed by atoms with Crippen LogP contribution in [0.15, 0.2) is 53.6 Å². The highest BCUT2D eigenvalue weighted by atomic mass is 35.5. The molecule has 0 fully saturated rings. The Morgan fingerprint density at radius 3 is 2.50 bits per heavy atom. The number of hydrogen-bond acceptors (Lipinski definition) is 3. The molecule has 0 aliphatic carbocycles. The van der Waals surface area contributed by atoms with E-state index >= 15 is 0 Å². The van der Waals surface area contributed by atoms with Gasteiger partial charge in [0.05, 0.1) is 6.21 Å². The third-order valence-electron chi connectivity index (χ3n) is 3.24. The van der Waals surface area contributed by atoms with Gasteiger partial charge in [0, 0.05) is 23.6 Å². The van der Waals surface area contributed by atoms with E-state index in [1.807, 2.05) is 37.3 Å². The molecule has 2 aromatic carbocycles. The molecule has 2 rings (SSSR count). The molecule has 2 amide bonds. The van der Waals surface area contributed by atoms with Crippen LogP contribution in [0.1, 0.15) is 24.0 Å². The smallest absolute Gasteiger partial charge is 0.240 e. The van der Waals surface area contributed by atoms with E-state index < -0.39 is 0 Å². The second-order valence-corrected chi connectivity index (χ2v) is 5.65. The Morgan fingerprint density at radius 2 is 1.79 bits per heavy atom. The predicted molar refractivity (Wildman–Crippen MR) is 96.2 cm³/mol. The van der Waals surface area contributed by atoms with Gasteiger partial charge in [-0.3, -0.25) is 9.59 Å². The van der Waals surface area contributed by atoms with E-state index in [9.17, 15) is 9.59 Å².